The molecule has 0 bridgehead atoms. The smallest absolute Gasteiger partial charge is 0.158 e. The van der Waals surface area contributed by atoms with Gasteiger partial charge in [-0.25, -0.2) is 0 Å². The van der Waals surface area contributed by atoms with Crippen LogP contribution in [0.4, 0.5) is 0 Å². The highest BCUT2D eigenvalue weighted by molar-refractivity contribution is 6.01. The lowest BCUT2D eigenvalue weighted by Crippen LogP contribution is -2.13. The van der Waals surface area contributed by atoms with Crippen molar-refractivity contribution in [2.24, 2.45) is 0 Å². The van der Waals surface area contributed by atoms with E-state index in [-0.39, 0.29) is 11.6 Å². The minimum Gasteiger partial charge on any atom is -0.295 e. The molecule has 0 saturated carbocycles. The van der Waals surface area contributed by atoms with E-state index in [0.717, 1.165) is 36.8 Å². The van der Waals surface area contributed by atoms with Gasteiger partial charge in [0.1, 0.15) is 0 Å². The van der Waals surface area contributed by atoms with Crippen molar-refractivity contribution in [1.29, 1.82) is 0 Å². The van der Waals surface area contributed by atoms with Crippen LogP contribution >= 0.6 is 0 Å². The molecule has 0 aromatic rings. The zero-order valence-corrected chi connectivity index (χ0v) is 8.92. The van der Waals surface area contributed by atoms with E-state index in [0.29, 0.717) is 19.3 Å². The number of hydrogen-bond acceptors (Lipinski definition) is 2. The number of carbonyl (C=O) groups excluding carboxylic acids is 2. The summed E-state index contributed by atoms with van der Waals surface area (Å²) in [5.41, 5.74) is 1.73. The highest BCUT2D eigenvalue weighted by Gasteiger charge is 2.19. The molecule has 0 aromatic heterocycles. The molecule has 0 N–H and O–H groups in total. The van der Waals surface area contributed by atoms with Crippen LogP contribution in [0, 0.1) is 0 Å². The van der Waals surface area contributed by atoms with Crippen LogP contribution in [0.1, 0.15) is 44.9 Å². The predicted molar refractivity (Wildman–Crippen MR) is 58.5 cm³/mol. The van der Waals surface area contributed by atoms with Crippen LogP contribution in [-0.4, -0.2) is 11.6 Å². The molecule has 2 aliphatic carbocycles. The Labute approximate surface area is 90.1 Å². The van der Waals surface area contributed by atoms with E-state index >= 15 is 0 Å². The van der Waals surface area contributed by atoms with Crippen molar-refractivity contribution in [3.05, 3.63) is 23.3 Å². The van der Waals surface area contributed by atoms with Gasteiger partial charge in [0.2, 0.25) is 0 Å². The number of rotatable bonds is 2. The zero-order valence-electron chi connectivity index (χ0n) is 8.92. The van der Waals surface area contributed by atoms with Crippen molar-refractivity contribution < 1.29 is 9.59 Å². The average Bonchev–Trinajstić information content (AvgIpc) is 2.24. The molecule has 15 heavy (non-hydrogen) atoms. The summed E-state index contributed by atoms with van der Waals surface area (Å²) in [7, 11) is 0. The lowest BCUT2D eigenvalue weighted by Gasteiger charge is -2.15. The Morgan fingerprint density at radius 2 is 1.33 bits per heavy atom. The fourth-order valence-corrected chi connectivity index (χ4v) is 2.17. The second kappa shape index (κ2) is 4.56. The van der Waals surface area contributed by atoms with Crippen molar-refractivity contribution in [3.63, 3.8) is 0 Å². The Bertz CT molecular complexity index is 314. The number of Topliss-reactive ketones (excluding diaryl/α,β-unsaturated/α-hetero) is 2. The van der Waals surface area contributed by atoms with E-state index in [1.165, 1.54) is 0 Å². The minimum absolute atomic E-state index is 0.237. The summed E-state index contributed by atoms with van der Waals surface area (Å²) in [6.07, 6.45) is 9.83. The van der Waals surface area contributed by atoms with Gasteiger partial charge in [-0.3, -0.25) is 9.59 Å². The molecule has 0 atom stereocenters. The third-order valence-electron chi connectivity index (χ3n) is 3.09. The number of ketones is 2. The van der Waals surface area contributed by atoms with E-state index in [1.807, 2.05) is 12.2 Å². The fourth-order valence-electron chi connectivity index (χ4n) is 2.17. The summed E-state index contributed by atoms with van der Waals surface area (Å²) in [5.74, 6) is 0.473. The van der Waals surface area contributed by atoms with E-state index in [1.54, 1.807) is 0 Å². The van der Waals surface area contributed by atoms with Crippen LogP contribution in [0.5, 0.6) is 0 Å². The van der Waals surface area contributed by atoms with E-state index < -0.39 is 0 Å². The van der Waals surface area contributed by atoms with Crippen LogP contribution < -0.4 is 0 Å². The first-order chi connectivity index (χ1) is 7.27. The Balaban J connectivity index is 2.07. The molecule has 0 radical (unpaired) electrons. The first-order valence-corrected chi connectivity index (χ1v) is 5.72. The summed E-state index contributed by atoms with van der Waals surface area (Å²) in [5, 5.41) is 0. The third-order valence-corrected chi connectivity index (χ3v) is 3.09. The van der Waals surface area contributed by atoms with Gasteiger partial charge in [-0.05, 0) is 36.8 Å². The Hall–Kier alpha value is -1.18. The van der Waals surface area contributed by atoms with E-state index in [2.05, 4.69) is 0 Å². The maximum absolute atomic E-state index is 11.6. The highest BCUT2D eigenvalue weighted by atomic mass is 16.1. The van der Waals surface area contributed by atoms with E-state index in [4.69, 9.17) is 0 Å². The molecule has 2 heteroatoms. The number of allylic oxidation sites excluding steroid dienone is 4. The third kappa shape index (κ3) is 2.44. The molecular formula is C13H16O2. The molecule has 0 saturated heterocycles. The Morgan fingerprint density at radius 1 is 0.867 bits per heavy atom. The second-order valence-electron chi connectivity index (χ2n) is 4.27. The maximum Gasteiger partial charge on any atom is 0.158 e. The zero-order chi connectivity index (χ0) is 10.7. The molecule has 0 fully saturated rings. The first kappa shape index (κ1) is 10.3. The van der Waals surface area contributed by atoms with Gasteiger partial charge in [-0.1, -0.05) is 12.2 Å². The van der Waals surface area contributed by atoms with Crippen LogP contribution in [-0.2, 0) is 9.59 Å². The van der Waals surface area contributed by atoms with Crippen molar-refractivity contribution in [3.8, 4) is 0 Å². The molecule has 0 heterocycles. The van der Waals surface area contributed by atoms with Gasteiger partial charge in [0.15, 0.2) is 11.6 Å². The van der Waals surface area contributed by atoms with Crippen LogP contribution in [0.2, 0.25) is 0 Å². The maximum atomic E-state index is 11.6. The number of hydrogen-bond donors (Lipinski definition) is 0. The Morgan fingerprint density at radius 3 is 1.73 bits per heavy atom. The summed E-state index contributed by atoms with van der Waals surface area (Å²) >= 11 is 0. The predicted octanol–water partition coefficient (Wildman–Crippen LogP) is 2.74. The molecule has 2 aliphatic rings. The minimum atomic E-state index is 0.237. The molecule has 0 aliphatic heterocycles. The van der Waals surface area contributed by atoms with Gasteiger partial charge in [0, 0.05) is 19.3 Å². The SMILES string of the molecule is O=C1CCCC=C1CC1=CCCCC1=O. The van der Waals surface area contributed by atoms with E-state index in [9.17, 15) is 9.59 Å². The summed E-state index contributed by atoms with van der Waals surface area (Å²) in [6.45, 7) is 0. The normalized spacial score (nSPS) is 22.4. The van der Waals surface area contributed by atoms with Crippen LogP contribution in [0.25, 0.3) is 0 Å². The Kier molecular flexibility index (Phi) is 3.14. The monoisotopic (exact) mass is 204 g/mol. The summed E-state index contributed by atoms with van der Waals surface area (Å²) in [6, 6.07) is 0. The first-order valence-electron chi connectivity index (χ1n) is 5.72. The summed E-state index contributed by atoms with van der Waals surface area (Å²) in [4.78, 5) is 23.1. The molecule has 0 amide bonds. The fraction of sp³-hybridized carbons (Fsp3) is 0.538. The molecule has 2 rings (SSSR count). The molecule has 0 aromatic carbocycles. The van der Waals surface area contributed by atoms with Crippen molar-refractivity contribution in [1.82, 2.24) is 0 Å². The van der Waals surface area contributed by atoms with Gasteiger partial charge in [0.25, 0.3) is 0 Å². The van der Waals surface area contributed by atoms with Crippen LogP contribution in [0.15, 0.2) is 23.3 Å². The molecule has 0 unspecified atom stereocenters. The largest absolute Gasteiger partial charge is 0.295 e. The standard InChI is InChI=1S/C13H16O2/c14-12-7-3-1-5-10(12)9-11-6-2-4-8-13(11)15/h5-6H,1-4,7-9H2. The van der Waals surface area contributed by atoms with Crippen LogP contribution in [0.3, 0.4) is 0 Å². The average molecular weight is 204 g/mol. The van der Waals surface area contributed by atoms with Gasteiger partial charge in [-0.2, -0.15) is 0 Å². The van der Waals surface area contributed by atoms with Gasteiger partial charge >= 0.3 is 0 Å². The molecular weight excluding hydrogens is 188 g/mol. The topological polar surface area (TPSA) is 34.1 Å². The molecule has 2 nitrogen and oxygen atoms in total. The quantitative estimate of drug-likeness (QED) is 0.693. The van der Waals surface area contributed by atoms with Crippen molar-refractivity contribution in [2.45, 2.75) is 44.9 Å². The van der Waals surface area contributed by atoms with Gasteiger partial charge in [0.05, 0.1) is 0 Å². The van der Waals surface area contributed by atoms with Crippen molar-refractivity contribution in [2.75, 3.05) is 0 Å². The number of carbonyl (C=O) groups is 2. The molecule has 80 valence electrons. The summed E-state index contributed by atoms with van der Waals surface area (Å²) < 4.78 is 0. The lowest BCUT2D eigenvalue weighted by atomic mass is 9.88. The van der Waals surface area contributed by atoms with Gasteiger partial charge < -0.3 is 0 Å². The lowest BCUT2D eigenvalue weighted by molar-refractivity contribution is -0.116. The van der Waals surface area contributed by atoms with Crippen molar-refractivity contribution >= 4 is 11.6 Å². The second-order valence-corrected chi connectivity index (χ2v) is 4.27. The van der Waals surface area contributed by atoms with Gasteiger partial charge in [-0.15, -0.1) is 0 Å². The highest BCUT2D eigenvalue weighted by Crippen LogP contribution is 2.24. The molecule has 0 spiro atoms.